The van der Waals surface area contributed by atoms with Crippen LogP contribution in [-0.4, -0.2) is 9.97 Å². The van der Waals surface area contributed by atoms with Crippen LogP contribution >= 0.6 is 0 Å². The number of nitrogens with zero attached hydrogens (tertiary/aromatic N) is 4. The number of benzene rings is 15. The van der Waals surface area contributed by atoms with Crippen molar-refractivity contribution in [2.24, 2.45) is 0 Å². The van der Waals surface area contributed by atoms with E-state index in [1.807, 2.05) is 48.5 Å². The summed E-state index contributed by atoms with van der Waals surface area (Å²) in [7, 11) is 0. The minimum Gasteiger partial charge on any atom is -0.435 e. The fourth-order valence-corrected chi connectivity index (χ4v) is 12.9. The van der Waals surface area contributed by atoms with Crippen molar-refractivity contribution < 1.29 is 8.83 Å². The highest BCUT2D eigenvalue weighted by atomic mass is 16.4. The molecule has 0 unspecified atom stereocenters. The molecule has 88 heavy (non-hydrogen) atoms. The largest absolute Gasteiger partial charge is 0.435 e. The third-order valence-electron chi connectivity index (χ3n) is 17.2. The third kappa shape index (κ3) is 8.90. The van der Waals surface area contributed by atoms with E-state index in [1.165, 1.54) is 10.8 Å². The fourth-order valence-electron chi connectivity index (χ4n) is 12.9. The van der Waals surface area contributed by atoms with Gasteiger partial charge in [0.2, 0.25) is 11.8 Å². The highest BCUT2D eigenvalue weighted by Gasteiger charge is 2.22. The van der Waals surface area contributed by atoms with Gasteiger partial charge < -0.3 is 18.6 Å². The Morgan fingerprint density at radius 2 is 0.648 bits per heavy atom. The second kappa shape index (κ2) is 21.0. The number of aromatic nitrogens is 2. The highest BCUT2D eigenvalue weighted by molar-refractivity contribution is 6.23. The standard InChI is InChI=1S/C82H52N4O2/c1-5-17-58(18-6-1)81-83-75-46-39-57-30-28-56-29-31-61(50-73(56)77(57)79(75)87-81)54-34-40-67(41-35-54)85(65-23-9-3-10-24-65)69-27-15-22-63(49-69)72-52-64-33-32-62(51-74(64)78-71(72)45-47-76-80(78)88-82(84-76)59-19-7-2-8-20-59)55-36-42-68(43-37-55)86(66-25-11-4-12-26-66)70-44-38-53-16-13-14-21-60(53)48-70/h1-52H. The van der Waals surface area contributed by atoms with Crippen molar-refractivity contribution in [3.8, 4) is 56.3 Å². The molecule has 17 aromatic rings. The Morgan fingerprint density at radius 3 is 1.26 bits per heavy atom. The van der Waals surface area contributed by atoms with Crippen LogP contribution in [0.2, 0.25) is 0 Å². The quantitative estimate of drug-likeness (QED) is 0.120. The maximum absolute atomic E-state index is 6.93. The number of rotatable bonds is 11. The zero-order valence-electron chi connectivity index (χ0n) is 47.6. The van der Waals surface area contributed by atoms with Crippen LogP contribution in [-0.2, 0) is 0 Å². The molecule has 0 amide bonds. The summed E-state index contributed by atoms with van der Waals surface area (Å²) in [6.07, 6.45) is 0. The molecule has 0 spiro atoms. The van der Waals surface area contributed by atoms with Gasteiger partial charge in [-0.1, -0.05) is 188 Å². The predicted molar refractivity (Wildman–Crippen MR) is 366 cm³/mol. The van der Waals surface area contributed by atoms with Crippen LogP contribution in [0.15, 0.2) is 324 Å². The molecule has 0 bridgehead atoms. The summed E-state index contributed by atoms with van der Waals surface area (Å²) in [6, 6.07) is 112. The van der Waals surface area contributed by atoms with E-state index >= 15 is 0 Å². The molecule has 6 heteroatoms. The van der Waals surface area contributed by atoms with Crippen LogP contribution in [0, 0.1) is 0 Å². The lowest BCUT2D eigenvalue weighted by Crippen LogP contribution is -2.09. The normalized spacial score (nSPS) is 11.6. The van der Waals surface area contributed by atoms with Crippen LogP contribution in [0.3, 0.4) is 0 Å². The maximum Gasteiger partial charge on any atom is 0.227 e. The minimum absolute atomic E-state index is 0.592. The first-order chi connectivity index (χ1) is 43.6. The SMILES string of the molecule is c1ccc(-c2nc3ccc4ccc5ccc(-c6ccc(N(c7ccccc7)c7cccc(-c8cc9ccc(-c%10ccc(N(c%11ccccc%11)c%11ccc%12ccccc%12c%11)cc%10)cc9c9c8ccc8nc(-c%10ccccc%10)oc89)c7)cc6)cc5c4c3o2)cc1. The first-order valence-corrected chi connectivity index (χ1v) is 29.8. The van der Waals surface area contributed by atoms with E-state index in [2.05, 4.69) is 277 Å². The molecule has 0 aliphatic carbocycles. The van der Waals surface area contributed by atoms with Gasteiger partial charge in [0.1, 0.15) is 11.0 Å². The van der Waals surface area contributed by atoms with Crippen LogP contribution in [0.5, 0.6) is 0 Å². The van der Waals surface area contributed by atoms with Crippen LogP contribution in [0.1, 0.15) is 0 Å². The van der Waals surface area contributed by atoms with Gasteiger partial charge in [0.25, 0.3) is 0 Å². The molecule has 2 heterocycles. The van der Waals surface area contributed by atoms with Gasteiger partial charge in [-0.3, -0.25) is 0 Å². The van der Waals surface area contributed by atoms with Crippen molar-refractivity contribution >= 4 is 110 Å². The fraction of sp³-hybridized carbons (Fsp3) is 0. The summed E-state index contributed by atoms with van der Waals surface area (Å²) in [5, 5.41) is 11.2. The molecule has 2 aromatic heterocycles. The van der Waals surface area contributed by atoms with E-state index < -0.39 is 0 Å². The van der Waals surface area contributed by atoms with Gasteiger partial charge >= 0.3 is 0 Å². The first-order valence-electron chi connectivity index (χ1n) is 29.8. The predicted octanol–water partition coefficient (Wildman–Crippen LogP) is 23.0. The monoisotopic (exact) mass is 1120 g/mol. The van der Waals surface area contributed by atoms with E-state index in [9.17, 15) is 0 Å². The Hall–Kier alpha value is -11.9. The highest BCUT2D eigenvalue weighted by Crippen LogP contribution is 2.45. The molecule has 6 nitrogen and oxygen atoms in total. The number of hydrogen-bond acceptors (Lipinski definition) is 6. The summed E-state index contributed by atoms with van der Waals surface area (Å²) < 4.78 is 13.5. The molecule has 0 N–H and O–H groups in total. The van der Waals surface area contributed by atoms with E-state index in [4.69, 9.17) is 18.8 Å². The second-order valence-corrected chi connectivity index (χ2v) is 22.5. The Kier molecular flexibility index (Phi) is 12.1. The maximum atomic E-state index is 6.93. The van der Waals surface area contributed by atoms with Gasteiger partial charge in [-0.25, -0.2) is 9.97 Å². The zero-order valence-corrected chi connectivity index (χ0v) is 47.6. The number of hydrogen-bond donors (Lipinski definition) is 0. The summed E-state index contributed by atoms with van der Waals surface area (Å²) in [5.41, 5.74) is 18.1. The van der Waals surface area contributed by atoms with Crippen molar-refractivity contribution in [3.63, 3.8) is 0 Å². The molecule has 15 aromatic carbocycles. The van der Waals surface area contributed by atoms with Crippen molar-refractivity contribution in [1.29, 1.82) is 0 Å². The molecule has 0 saturated heterocycles. The second-order valence-electron chi connectivity index (χ2n) is 22.5. The summed E-state index contributed by atoms with van der Waals surface area (Å²) >= 11 is 0. The smallest absolute Gasteiger partial charge is 0.227 e. The topological polar surface area (TPSA) is 58.5 Å². The zero-order chi connectivity index (χ0) is 58.1. The van der Waals surface area contributed by atoms with Gasteiger partial charge in [0, 0.05) is 56.0 Å². The first kappa shape index (κ1) is 50.6. The molecule has 17 rings (SSSR count). The number of fused-ring (bicyclic) bond motifs is 11. The average molecular weight is 1130 g/mol. The Labute approximate surface area is 507 Å². The van der Waals surface area contributed by atoms with Crippen molar-refractivity contribution in [2.75, 3.05) is 9.80 Å². The van der Waals surface area contributed by atoms with Gasteiger partial charge in [0.15, 0.2) is 11.2 Å². The lowest BCUT2D eigenvalue weighted by atomic mass is 9.90. The molecular formula is C82H52N4O2. The molecule has 0 aliphatic heterocycles. The summed E-state index contributed by atoms with van der Waals surface area (Å²) in [5.74, 6) is 1.21. The molecule has 412 valence electrons. The van der Waals surface area contributed by atoms with Crippen LogP contribution in [0.4, 0.5) is 34.1 Å². The number of oxazole rings is 2. The summed E-state index contributed by atoms with van der Waals surface area (Å²) in [6.45, 7) is 0. The van der Waals surface area contributed by atoms with Gasteiger partial charge in [0.05, 0.1) is 0 Å². The lowest BCUT2D eigenvalue weighted by molar-refractivity contribution is 0.623. The van der Waals surface area contributed by atoms with Crippen molar-refractivity contribution in [3.05, 3.63) is 315 Å². The Morgan fingerprint density at radius 1 is 0.227 bits per heavy atom. The molecule has 0 radical (unpaired) electrons. The average Bonchev–Trinajstić information content (AvgIpc) is 1.60. The van der Waals surface area contributed by atoms with Gasteiger partial charge in [-0.15, -0.1) is 0 Å². The van der Waals surface area contributed by atoms with Gasteiger partial charge in [-0.05, 0) is 204 Å². The molecule has 0 saturated carbocycles. The molecular weight excluding hydrogens is 1070 g/mol. The summed E-state index contributed by atoms with van der Waals surface area (Å²) in [4.78, 5) is 14.7. The van der Waals surface area contributed by atoms with Crippen molar-refractivity contribution in [2.45, 2.75) is 0 Å². The van der Waals surface area contributed by atoms with Gasteiger partial charge in [-0.2, -0.15) is 0 Å². The molecule has 0 fully saturated rings. The van der Waals surface area contributed by atoms with E-state index in [0.717, 1.165) is 144 Å². The van der Waals surface area contributed by atoms with E-state index in [0.29, 0.717) is 11.8 Å². The van der Waals surface area contributed by atoms with E-state index in [-0.39, 0.29) is 0 Å². The number of anilines is 6. The Balaban J connectivity index is 0.757. The van der Waals surface area contributed by atoms with Crippen LogP contribution < -0.4 is 9.80 Å². The molecule has 0 aliphatic rings. The minimum atomic E-state index is 0.592. The van der Waals surface area contributed by atoms with Crippen LogP contribution in [0.25, 0.3) is 132 Å². The Bertz CT molecular complexity index is 5490. The molecule has 0 atom stereocenters. The number of para-hydroxylation sites is 2. The third-order valence-corrected chi connectivity index (χ3v) is 17.2. The lowest BCUT2D eigenvalue weighted by Gasteiger charge is -2.26. The van der Waals surface area contributed by atoms with Crippen molar-refractivity contribution in [1.82, 2.24) is 9.97 Å². The van der Waals surface area contributed by atoms with E-state index in [1.54, 1.807) is 0 Å².